The van der Waals surface area contributed by atoms with Crippen molar-refractivity contribution in [3.05, 3.63) is 65.7 Å². The molecule has 2 N–H and O–H groups in total. The average molecular weight is 381 g/mol. The molecule has 0 aliphatic carbocycles. The highest BCUT2D eigenvalue weighted by Crippen LogP contribution is 2.14. The van der Waals surface area contributed by atoms with Gasteiger partial charge in [0.2, 0.25) is 0 Å². The van der Waals surface area contributed by atoms with Gasteiger partial charge in [-0.15, -0.1) is 0 Å². The van der Waals surface area contributed by atoms with Gasteiger partial charge >= 0.3 is 5.97 Å². The van der Waals surface area contributed by atoms with Crippen LogP contribution in [0, 0.1) is 11.3 Å². The van der Waals surface area contributed by atoms with Gasteiger partial charge in [0, 0.05) is 5.56 Å². The number of esters is 1. The minimum absolute atomic E-state index is 0.372. The van der Waals surface area contributed by atoms with Gasteiger partial charge in [-0.25, -0.2) is 4.79 Å². The van der Waals surface area contributed by atoms with E-state index in [1.165, 1.54) is 13.8 Å². The van der Waals surface area contributed by atoms with Gasteiger partial charge in [-0.1, -0.05) is 18.2 Å². The van der Waals surface area contributed by atoms with Crippen molar-refractivity contribution in [1.82, 2.24) is 10.9 Å². The number of carbonyl (C=O) groups is 3. The summed E-state index contributed by atoms with van der Waals surface area (Å²) >= 11 is 0. The summed E-state index contributed by atoms with van der Waals surface area (Å²) in [6, 6.07) is 16.5. The Balaban J connectivity index is 1.80. The molecule has 0 heterocycles. The normalized spacial score (nSPS) is 12.0. The fourth-order valence-corrected chi connectivity index (χ4v) is 2.07. The molecule has 0 fully saturated rings. The molecule has 0 saturated heterocycles. The second-order valence-electron chi connectivity index (χ2n) is 5.78. The molecule has 8 heteroatoms. The van der Waals surface area contributed by atoms with Gasteiger partial charge in [-0.3, -0.25) is 20.4 Å². The number of hydrazine groups is 1. The lowest BCUT2D eigenvalue weighted by Crippen LogP contribution is -2.47. The second kappa shape index (κ2) is 9.73. The molecule has 2 amide bonds. The van der Waals surface area contributed by atoms with Crippen molar-refractivity contribution in [2.24, 2.45) is 0 Å². The monoisotopic (exact) mass is 381 g/mol. The highest BCUT2D eigenvalue weighted by molar-refractivity contribution is 5.95. The fraction of sp³-hybridized carbons (Fsp3) is 0.200. The molecule has 2 rings (SSSR count). The zero-order valence-electron chi connectivity index (χ0n) is 15.3. The summed E-state index contributed by atoms with van der Waals surface area (Å²) in [7, 11) is 0. The van der Waals surface area contributed by atoms with Gasteiger partial charge in [0.25, 0.3) is 11.8 Å². The number of hydrogen-bond donors (Lipinski definition) is 2. The summed E-state index contributed by atoms with van der Waals surface area (Å²) in [4.78, 5) is 35.9. The van der Waals surface area contributed by atoms with Crippen molar-refractivity contribution in [3.63, 3.8) is 0 Å². The van der Waals surface area contributed by atoms with E-state index in [0.717, 1.165) is 0 Å². The third-order valence-electron chi connectivity index (χ3n) is 3.63. The maximum Gasteiger partial charge on any atom is 0.347 e. The van der Waals surface area contributed by atoms with Crippen molar-refractivity contribution < 1.29 is 23.9 Å². The molecule has 0 radical (unpaired) electrons. The van der Waals surface area contributed by atoms with Gasteiger partial charge in [0.15, 0.2) is 12.2 Å². The van der Waals surface area contributed by atoms with Crippen LogP contribution in [0.5, 0.6) is 5.75 Å². The highest BCUT2D eigenvalue weighted by atomic mass is 16.6. The quantitative estimate of drug-likeness (QED) is 0.581. The van der Waals surface area contributed by atoms with Crippen LogP contribution in [0.4, 0.5) is 0 Å². The van der Waals surface area contributed by atoms with Crippen LogP contribution in [0.2, 0.25) is 0 Å². The maximum absolute atomic E-state index is 12.1. The molecule has 0 aliphatic rings. The summed E-state index contributed by atoms with van der Waals surface area (Å²) in [5, 5.41) is 8.76. The Labute approximate surface area is 162 Å². The first-order chi connectivity index (χ1) is 13.4. The van der Waals surface area contributed by atoms with Gasteiger partial charge in [-0.05, 0) is 50.2 Å². The van der Waals surface area contributed by atoms with Crippen LogP contribution in [0.15, 0.2) is 54.6 Å². The average Bonchev–Trinajstić information content (AvgIpc) is 2.72. The molecule has 0 bridgehead atoms. The first-order valence-electron chi connectivity index (χ1n) is 8.43. The number of benzene rings is 2. The second-order valence-corrected chi connectivity index (χ2v) is 5.78. The van der Waals surface area contributed by atoms with Crippen molar-refractivity contribution in [3.8, 4) is 11.8 Å². The van der Waals surface area contributed by atoms with Gasteiger partial charge in [0.1, 0.15) is 5.75 Å². The molecule has 8 nitrogen and oxygen atoms in total. The number of carbonyl (C=O) groups excluding carboxylic acids is 3. The molecular weight excluding hydrogens is 362 g/mol. The summed E-state index contributed by atoms with van der Waals surface area (Å²) < 4.78 is 10.5. The van der Waals surface area contributed by atoms with Gasteiger partial charge in [-0.2, -0.15) is 5.26 Å². The zero-order chi connectivity index (χ0) is 20.5. The van der Waals surface area contributed by atoms with Crippen molar-refractivity contribution >= 4 is 17.8 Å². The largest absolute Gasteiger partial charge is 0.479 e. The van der Waals surface area contributed by atoms with Crippen LogP contribution in [-0.4, -0.2) is 30.0 Å². The van der Waals surface area contributed by atoms with E-state index >= 15 is 0 Å². The number of amides is 2. The Morgan fingerprint density at radius 2 is 1.57 bits per heavy atom. The molecule has 0 unspecified atom stereocenters. The molecule has 2 atom stereocenters. The third kappa shape index (κ3) is 5.85. The number of nitrogens with one attached hydrogen (secondary N) is 2. The Bertz CT molecular complexity index is 875. The standard InChI is InChI=1S/C20H19N3O5/c1-13(18(24)22-23-19(25)16-6-4-3-5-7-16)28-20(26)14(2)27-17-10-8-15(12-21)9-11-17/h3-11,13-14H,1-2H3,(H,22,24)(H,23,25)/t13-,14+/m1/s1. The van der Waals surface area contributed by atoms with E-state index in [-0.39, 0.29) is 0 Å². The van der Waals surface area contributed by atoms with Crippen LogP contribution >= 0.6 is 0 Å². The Hall–Kier alpha value is -3.86. The minimum atomic E-state index is -1.14. The van der Waals surface area contributed by atoms with E-state index in [2.05, 4.69) is 10.9 Å². The molecule has 0 aromatic heterocycles. The van der Waals surface area contributed by atoms with E-state index in [0.29, 0.717) is 16.9 Å². The molecule has 0 saturated carbocycles. The number of rotatable bonds is 6. The van der Waals surface area contributed by atoms with Crippen LogP contribution in [-0.2, 0) is 14.3 Å². The SMILES string of the molecule is C[C@H](Oc1ccc(C#N)cc1)C(=O)O[C@H](C)C(=O)NNC(=O)c1ccccc1. The summed E-state index contributed by atoms with van der Waals surface area (Å²) in [5.74, 6) is -1.55. The van der Waals surface area contributed by atoms with Crippen LogP contribution in [0.3, 0.4) is 0 Å². The Morgan fingerprint density at radius 1 is 0.929 bits per heavy atom. The number of nitriles is 1. The molecule has 0 aliphatic heterocycles. The van der Waals surface area contributed by atoms with Gasteiger partial charge < -0.3 is 9.47 Å². The molecule has 2 aromatic carbocycles. The number of hydrogen-bond acceptors (Lipinski definition) is 6. The zero-order valence-corrected chi connectivity index (χ0v) is 15.3. The van der Waals surface area contributed by atoms with Crippen LogP contribution in [0.1, 0.15) is 29.8 Å². The number of ether oxygens (including phenoxy) is 2. The smallest absolute Gasteiger partial charge is 0.347 e. The first-order valence-corrected chi connectivity index (χ1v) is 8.43. The van der Waals surface area contributed by atoms with E-state index in [1.807, 2.05) is 6.07 Å². The molecule has 28 heavy (non-hydrogen) atoms. The topological polar surface area (TPSA) is 118 Å². The lowest BCUT2D eigenvalue weighted by molar-refractivity contribution is -0.161. The highest BCUT2D eigenvalue weighted by Gasteiger charge is 2.23. The predicted octanol–water partition coefficient (Wildman–Crippen LogP) is 1.72. The minimum Gasteiger partial charge on any atom is -0.479 e. The predicted molar refractivity (Wildman–Crippen MR) is 98.9 cm³/mol. The summed E-state index contributed by atoms with van der Waals surface area (Å²) in [5.41, 5.74) is 5.28. The molecular formula is C20H19N3O5. The molecule has 0 spiro atoms. The van der Waals surface area contributed by atoms with Crippen molar-refractivity contribution in [1.29, 1.82) is 5.26 Å². The van der Waals surface area contributed by atoms with E-state index in [4.69, 9.17) is 14.7 Å². The van der Waals surface area contributed by atoms with Crippen LogP contribution < -0.4 is 15.6 Å². The Morgan fingerprint density at radius 3 is 2.18 bits per heavy atom. The van der Waals surface area contributed by atoms with Crippen molar-refractivity contribution in [2.45, 2.75) is 26.1 Å². The van der Waals surface area contributed by atoms with Crippen molar-refractivity contribution in [2.75, 3.05) is 0 Å². The Kier molecular flexibility index (Phi) is 7.11. The third-order valence-corrected chi connectivity index (χ3v) is 3.63. The number of nitrogens with zero attached hydrogens (tertiary/aromatic N) is 1. The lowest BCUT2D eigenvalue weighted by atomic mass is 10.2. The summed E-state index contributed by atoms with van der Waals surface area (Å²) in [6.45, 7) is 2.85. The van der Waals surface area contributed by atoms with Gasteiger partial charge in [0.05, 0.1) is 11.6 Å². The summed E-state index contributed by atoms with van der Waals surface area (Å²) in [6.07, 6.45) is -2.11. The van der Waals surface area contributed by atoms with E-state index in [9.17, 15) is 14.4 Å². The molecule has 144 valence electrons. The fourth-order valence-electron chi connectivity index (χ4n) is 2.07. The molecule has 2 aromatic rings. The first kappa shape index (κ1) is 20.5. The van der Waals surface area contributed by atoms with E-state index in [1.54, 1.807) is 54.6 Å². The lowest BCUT2D eigenvalue weighted by Gasteiger charge is -2.18. The van der Waals surface area contributed by atoms with E-state index < -0.39 is 30.0 Å². The van der Waals surface area contributed by atoms with Crippen LogP contribution in [0.25, 0.3) is 0 Å². The maximum atomic E-state index is 12.1.